The molecule has 1 N–H and O–H groups in total. The van der Waals surface area contributed by atoms with Crippen molar-refractivity contribution in [2.45, 2.75) is 38.1 Å². The monoisotopic (exact) mass is 395 g/mol. The van der Waals surface area contributed by atoms with Crippen molar-refractivity contribution in [3.63, 3.8) is 0 Å². The third-order valence-corrected chi connectivity index (χ3v) is 5.33. The summed E-state index contributed by atoms with van der Waals surface area (Å²) in [5, 5.41) is 3.19. The lowest BCUT2D eigenvalue weighted by Gasteiger charge is -2.22. The van der Waals surface area contributed by atoms with Gasteiger partial charge in [-0.25, -0.2) is 0 Å². The van der Waals surface area contributed by atoms with Crippen LogP contribution in [0.5, 0.6) is 5.75 Å². The molecule has 27 heavy (non-hydrogen) atoms. The normalized spacial score (nSPS) is 22.6. The second kappa shape index (κ2) is 9.95. The molecule has 0 aliphatic carbocycles. The van der Waals surface area contributed by atoms with Crippen LogP contribution >= 0.6 is 12.4 Å². The summed E-state index contributed by atoms with van der Waals surface area (Å²) >= 11 is 0. The largest absolute Gasteiger partial charge is 0.497 e. The maximum Gasteiger partial charge on any atom is 0.239 e. The number of benzene rings is 1. The molecule has 2 heterocycles. The zero-order valence-electron chi connectivity index (χ0n) is 16.1. The number of carbonyl (C=O) groups is 2. The molecule has 7 heteroatoms. The van der Waals surface area contributed by atoms with Crippen molar-refractivity contribution in [3.8, 4) is 5.75 Å². The first kappa shape index (κ1) is 21.5. The maximum absolute atomic E-state index is 12.5. The fourth-order valence-electron chi connectivity index (χ4n) is 4.02. The summed E-state index contributed by atoms with van der Waals surface area (Å²) in [6, 6.07) is 8.18. The van der Waals surface area contributed by atoms with Crippen molar-refractivity contribution in [1.82, 2.24) is 15.1 Å². The predicted molar refractivity (Wildman–Crippen MR) is 107 cm³/mol. The number of rotatable bonds is 7. The molecule has 0 bridgehead atoms. The maximum atomic E-state index is 12.5. The average Bonchev–Trinajstić information content (AvgIpc) is 3.22. The highest BCUT2D eigenvalue weighted by Gasteiger charge is 2.35. The van der Waals surface area contributed by atoms with Crippen LogP contribution in [0.25, 0.3) is 0 Å². The molecular weight excluding hydrogens is 366 g/mol. The van der Waals surface area contributed by atoms with E-state index in [0.29, 0.717) is 13.0 Å². The van der Waals surface area contributed by atoms with Crippen LogP contribution in [-0.2, 0) is 9.59 Å². The molecule has 0 aromatic heterocycles. The molecule has 0 spiro atoms. The first-order valence-electron chi connectivity index (χ1n) is 9.54. The second-order valence-corrected chi connectivity index (χ2v) is 7.23. The Morgan fingerprint density at radius 2 is 2.00 bits per heavy atom. The number of methoxy groups -OCH3 is 1. The average molecular weight is 396 g/mol. The molecule has 1 aromatic rings. The highest BCUT2D eigenvalue weighted by Crippen LogP contribution is 2.29. The van der Waals surface area contributed by atoms with Gasteiger partial charge in [0.2, 0.25) is 11.8 Å². The van der Waals surface area contributed by atoms with Crippen molar-refractivity contribution < 1.29 is 14.3 Å². The molecule has 1 aromatic carbocycles. The summed E-state index contributed by atoms with van der Waals surface area (Å²) in [5.74, 6) is 1.13. The van der Waals surface area contributed by atoms with Crippen LogP contribution < -0.4 is 10.1 Å². The van der Waals surface area contributed by atoms with E-state index < -0.39 is 0 Å². The van der Waals surface area contributed by atoms with E-state index in [1.165, 1.54) is 5.56 Å². The van der Waals surface area contributed by atoms with Gasteiger partial charge in [-0.05, 0) is 37.1 Å². The van der Waals surface area contributed by atoms with Crippen molar-refractivity contribution in [2.24, 2.45) is 0 Å². The number of halogens is 1. The van der Waals surface area contributed by atoms with Gasteiger partial charge in [0.15, 0.2) is 0 Å². The number of ether oxygens (including phenoxy) is 1. The standard InChI is InChI=1S/C20H29N3O3.ClH/c1-3-10-22-12-17(15-6-8-16(26-2)9-7-15)18(13-22)21-19(24)14-23-11-4-5-20(23)25;/h6-9,17-18H,3-5,10-14H2,1-2H3,(H,21,24);1H/t17-,18+;/m1./s1. The lowest BCUT2D eigenvalue weighted by molar-refractivity contribution is -0.133. The number of nitrogens with zero attached hydrogens (tertiary/aromatic N) is 2. The van der Waals surface area contributed by atoms with E-state index in [1.807, 2.05) is 12.1 Å². The molecule has 0 saturated carbocycles. The third kappa shape index (κ3) is 5.36. The molecule has 0 radical (unpaired) electrons. The van der Waals surface area contributed by atoms with E-state index in [9.17, 15) is 9.59 Å². The van der Waals surface area contributed by atoms with Gasteiger partial charge < -0.3 is 19.9 Å². The molecule has 2 amide bonds. The Hall–Kier alpha value is -1.79. The highest BCUT2D eigenvalue weighted by molar-refractivity contribution is 5.86. The van der Waals surface area contributed by atoms with Crippen LogP contribution in [0.3, 0.4) is 0 Å². The number of hydrogen-bond acceptors (Lipinski definition) is 4. The van der Waals surface area contributed by atoms with Crippen LogP contribution in [0.4, 0.5) is 0 Å². The smallest absolute Gasteiger partial charge is 0.239 e. The number of hydrogen-bond donors (Lipinski definition) is 1. The molecule has 0 unspecified atom stereocenters. The van der Waals surface area contributed by atoms with Crippen molar-refractivity contribution in [3.05, 3.63) is 29.8 Å². The van der Waals surface area contributed by atoms with Gasteiger partial charge in [0.05, 0.1) is 13.7 Å². The molecule has 2 saturated heterocycles. The minimum Gasteiger partial charge on any atom is -0.497 e. The summed E-state index contributed by atoms with van der Waals surface area (Å²) in [5.41, 5.74) is 1.21. The molecule has 2 aliphatic heterocycles. The number of amides is 2. The lowest BCUT2D eigenvalue weighted by atomic mass is 9.94. The van der Waals surface area contributed by atoms with Crippen molar-refractivity contribution in [1.29, 1.82) is 0 Å². The second-order valence-electron chi connectivity index (χ2n) is 7.23. The van der Waals surface area contributed by atoms with Crippen molar-refractivity contribution >= 4 is 24.2 Å². The molecule has 2 fully saturated rings. The Labute approximate surface area is 167 Å². The van der Waals surface area contributed by atoms with Crippen LogP contribution in [-0.4, -0.2) is 67.5 Å². The Morgan fingerprint density at radius 3 is 2.59 bits per heavy atom. The minimum absolute atomic E-state index is 0. The molecule has 6 nitrogen and oxygen atoms in total. The minimum atomic E-state index is -0.0536. The topological polar surface area (TPSA) is 61.9 Å². The van der Waals surface area contributed by atoms with Gasteiger partial charge in [-0.2, -0.15) is 0 Å². The van der Waals surface area contributed by atoms with Gasteiger partial charge in [-0.15, -0.1) is 12.4 Å². The summed E-state index contributed by atoms with van der Waals surface area (Å²) in [6.07, 6.45) is 2.52. The molecule has 150 valence electrons. The van der Waals surface area contributed by atoms with Gasteiger partial charge in [0.1, 0.15) is 5.75 Å². The zero-order chi connectivity index (χ0) is 18.5. The van der Waals surface area contributed by atoms with E-state index in [2.05, 4.69) is 29.3 Å². The van der Waals surface area contributed by atoms with Crippen LogP contribution in [0.1, 0.15) is 37.7 Å². The fraction of sp³-hybridized carbons (Fsp3) is 0.600. The molecular formula is C20H30ClN3O3. The Bertz CT molecular complexity index is 638. The van der Waals surface area contributed by atoms with Crippen molar-refractivity contribution in [2.75, 3.05) is 39.8 Å². The van der Waals surface area contributed by atoms with Crippen LogP contribution in [0, 0.1) is 0 Å². The number of likely N-dealkylation sites (tertiary alicyclic amines) is 2. The fourth-order valence-corrected chi connectivity index (χ4v) is 4.02. The molecule has 3 rings (SSSR count). The van der Waals surface area contributed by atoms with Gasteiger partial charge >= 0.3 is 0 Å². The summed E-state index contributed by atoms with van der Waals surface area (Å²) in [6.45, 7) is 5.87. The first-order chi connectivity index (χ1) is 12.6. The van der Waals surface area contributed by atoms with Gasteiger partial charge in [-0.1, -0.05) is 19.1 Å². The van der Waals surface area contributed by atoms with Gasteiger partial charge in [0, 0.05) is 38.0 Å². The van der Waals surface area contributed by atoms with E-state index >= 15 is 0 Å². The summed E-state index contributed by atoms with van der Waals surface area (Å²) in [4.78, 5) is 28.3. The Balaban J connectivity index is 0.00000261. The number of carbonyl (C=O) groups excluding carboxylic acids is 2. The van der Waals surface area contributed by atoms with E-state index in [-0.39, 0.29) is 42.7 Å². The molecule has 2 aliphatic rings. The van der Waals surface area contributed by atoms with E-state index in [4.69, 9.17) is 4.74 Å². The third-order valence-electron chi connectivity index (χ3n) is 5.33. The predicted octanol–water partition coefficient (Wildman–Crippen LogP) is 2.03. The van der Waals surface area contributed by atoms with Crippen LogP contribution in [0.15, 0.2) is 24.3 Å². The Kier molecular flexibility index (Phi) is 7.92. The summed E-state index contributed by atoms with van der Waals surface area (Å²) in [7, 11) is 1.66. The SMILES string of the molecule is CCCN1C[C@H](NC(=O)CN2CCCC2=O)[C@@H](c2ccc(OC)cc2)C1.Cl. The Morgan fingerprint density at radius 1 is 1.26 bits per heavy atom. The van der Waals surface area contributed by atoms with E-state index in [0.717, 1.165) is 38.2 Å². The zero-order valence-corrected chi connectivity index (χ0v) is 17.0. The number of nitrogens with one attached hydrogen (secondary N) is 1. The van der Waals surface area contributed by atoms with E-state index in [1.54, 1.807) is 12.0 Å². The summed E-state index contributed by atoms with van der Waals surface area (Å²) < 4.78 is 5.25. The van der Waals surface area contributed by atoms with Gasteiger partial charge in [0.25, 0.3) is 0 Å². The first-order valence-corrected chi connectivity index (χ1v) is 9.54. The van der Waals surface area contributed by atoms with Gasteiger partial charge in [-0.3, -0.25) is 9.59 Å². The molecule has 2 atom stereocenters. The quantitative estimate of drug-likeness (QED) is 0.767. The highest BCUT2D eigenvalue weighted by atomic mass is 35.5. The lowest BCUT2D eigenvalue weighted by Crippen LogP contribution is -2.45. The van der Waals surface area contributed by atoms with Crippen LogP contribution in [0.2, 0.25) is 0 Å².